The summed E-state index contributed by atoms with van der Waals surface area (Å²) in [5, 5.41) is 7.55. The molecule has 3 aromatic rings. The summed E-state index contributed by atoms with van der Waals surface area (Å²) >= 11 is 1.01. The fraction of sp³-hybridized carbons (Fsp3) is 0.250. The van der Waals surface area contributed by atoms with Crippen molar-refractivity contribution in [2.45, 2.75) is 17.2 Å². The predicted octanol–water partition coefficient (Wildman–Crippen LogP) is 1.49. The third kappa shape index (κ3) is 3.40. The summed E-state index contributed by atoms with van der Waals surface area (Å²) in [4.78, 5) is 33.8. The summed E-state index contributed by atoms with van der Waals surface area (Å²) in [7, 11) is 3.17. The number of aromatic nitrogens is 5. The fourth-order valence-corrected chi connectivity index (χ4v) is 3.28. The number of carbonyl (C=O) groups excluding carboxylic acids is 2. The van der Waals surface area contributed by atoms with E-state index in [4.69, 9.17) is 0 Å². The molecule has 0 aliphatic heterocycles. The van der Waals surface area contributed by atoms with Crippen molar-refractivity contribution in [1.82, 2.24) is 29.9 Å². The molecular weight excluding hydrogens is 359 g/mol. The van der Waals surface area contributed by atoms with Crippen molar-refractivity contribution in [3.05, 3.63) is 36.4 Å². The normalized spacial score (nSPS) is 12.2. The lowest BCUT2D eigenvalue weighted by atomic mass is 10.3. The molecule has 0 aliphatic rings. The monoisotopic (exact) mass is 374 g/mol. The third-order valence-electron chi connectivity index (χ3n) is 3.54. The van der Waals surface area contributed by atoms with E-state index < -0.39 is 5.25 Å². The Morgan fingerprint density at radius 2 is 1.88 bits per heavy atom. The molecule has 0 radical (unpaired) electrons. The van der Waals surface area contributed by atoms with Gasteiger partial charge in [-0.15, -0.1) is 5.10 Å². The average Bonchev–Trinajstić information content (AvgIpc) is 3.04. The minimum atomic E-state index is -0.931. The van der Waals surface area contributed by atoms with E-state index in [-0.39, 0.29) is 17.5 Å². The number of nitrogens with zero attached hydrogens (tertiary/aromatic N) is 6. The summed E-state index contributed by atoms with van der Waals surface area (Å²) in [5.41, 5.74) is 1.34. The minimum Gasteiger partial charge on any atom is -0.347 e. The first-order valence-electron chi connectivity index (χ1n) is 7.59. The number of hydrogen-bond donors (Lipinski definition) is 0. The first-order valence-corrected chi connectivity index (χ1v) is 8.47. The topological polar surface area (TPSA) is 93.9 Å². The first-order chi connectivity index (χ1) is 12.4. The van der Waals surface area contributed by atoms with Gasteiger partial charge in [0.2, 0.25) is 5.91 Å². The molecule has 0 fully saturated rings. The maximum atomic E-state index is 13.1. The van der Waals surface area contributed by atoms with Crippen LogP contribution in [0.4, 0.5) is 4.39 Å². The molecule has 26 heavy (non-hydrogen) atoms. The van der Waals surface area contributed by atoms with E-state index in [1.807, 2.05) is 0 Å². The number of ketones is 1. The van der Waals surface area contributed by atoms with E-state index in [9.17, 15) is 14.0 Å². The van der Waals surface area contributed by atoms with E-state index in [0.29, 0.717) is 21.9 Å². The van der Waals surface area contributed by atoms with Crippen molar-refractivity contribution in [3.63, 3.8) is 0 Å². The van der Waals surface area contributed by atoms with Crippen LogP contribution in [0.15, 0.2) is 35.6 Å². The van der Waals surface area contributed by atoms with E-state index in [0.717, 1.165) is 11.8 Å². The lowest BCUT2D eigenvalue weighted by Gasteiger charge is -2.17. The second-order valence-electron chi connectivity index (χ2n) is 5.67. The van der Waals surface area contributed by atoms with Gasteiger partial charge >= 0.3 is 0 Å². The van der Waals surface area contributed by atoms with Gasteiger partial charge in [-0.25, -0.2) is 14.4 Å². The molecule has 0 N–H and O–H groups in total. The molecule has 2 heterocycles. The number of halogens is 1. The Morgan fingerprint density at radius 3 is 2.50 bits per heavy atom. The zero-order valence-electron chi connectivity index (χ0n) is 14.3. The standard InChI is InChI=1S/C16H15FN6O2S/c1-9(24)13(16(25)22(2)3)26-15-12-14(18-8-19-15)23(21-20-12)11-6-4-10(17)5-7-11/h4-8,13H,1-3H3/t13-/m1/s1. The van der Waals surface area contributed by atoms with E-state index >= 15 is 0 Å². The van der Waals surface area contributed by atoms with Crippen molar-refractivity contribution >= 4 is 34.6 Å². The lowest BCUT2D eigenvalue weighted by molar-refractivity contribution is -0.132. The largest absolute Gasteiger partial charge is 0.347 e. The molecule has 8 nitrogen and oxygen atoms in total. The van der Waals surface area contributed by atoms with Gasteiger partial charge in [-0.2, -0.15) is 4.68 Å². The Morgan fingerprint density at radius 1 is 1.19 bits per heavy atom. The summed E-state index contributed by atoms with van der Waals surface area (Å²) < 4.78 is 14.6. The predicted molar refractivity (Wildman–Crippen MR) is 93.4 cm³/mol. The SMILES string of the molecule is CC(=O)[C@@H](Sc1ncnc2c1nnn2-c1ccc(F)cc1)C(=O)N(C)C. The van der Waals surface area contributed by atoms with E-state index in [1.54, 1.807) is 26.2 Å². The number of amides is 1. The molecule has 1 aromatic carbocycles. The molecule has 10 heteroatoms. The Bertz CT molecular complexity index is 973. The van der Waals surface area contributed by atoms with Crippen LogP contribution < -0.4 is 0 Å². The summed E-state index contributed by atoms with van der Waals surface area (Å²) in [6.07, 6.45) is 1.31. The molecule has 0 saturated heterocycles. The van der Waals surface area contributed by atoms with Gasteiger partial charge in [0.05, 0.1) is 5.69 Å². The summed E-state index contributed by atoms with van der Waals surface area (Å²) in [6.45, 7) is 1.35. The highest BCUT2D eigenvalue weighted by Gasteiger charge is 2.28. The van der Waals surface area contributed by atoms with Gasteiger partial charge in [0.25, 0.3) is 0 Å². The molecule has 0 aliphatic carbocycles. The summed E-state index contributed by atoms with van der Waals surface area (Å²) in [6, 6.07) is 5.71. The summed E-state index contributed by atoms with van der Waals surface area (Å²) in [5.74, 6) is -0.984. The Labute approximate surface area is 152 Å². The minimum absolute atomic E-state index is 0.286. The molecule has 134 valence electrons. The second-order valence-corrected chi connectivity index (χ2v) is 6.76. The van der Waals surface area contributed by atoms with Crippen LogP contribution in [0.2, 0.25) is 0 Å². The highest BCUT2D eigenvalue weighted by molar-refractivity contribution is 8.01. The van der Waals surface area contributed by atoms with Crippen LogP contribution in [0.25, 0.3) is 16.9 Å². The zero-order chi connectivity index (χ0) is 18.8. The van der Waals surface area contributed by atoms with E-state index in [1.165, 1.54) is 35.0 Å². The molecule has 2 aromatic heterocycles. The van der Waals surface area contributed by atoms with E-state index in [2.05, 4.69) is 20.3 Å². The first kappa shape index (κ1) is 17.9. The molecule has 1 atom stereocenters. The molecule has 0 bridgehead atoms. The maximum Gasteiger partial charge on any atom is 0.243 e. The smallest absolute Gasteiger partial charge is 0.243 e. The van der Waals surface area contributed by atoms with Crippen molar-refractivity contribution < 1.29 is 14.0 Å². The van der Waals surface area contributed by atoms with Crippen molar-refractivity contribution in [3.8, 4) is 5.69 Å². The van der Waals surface area contributed by atoms with Gasteiger partial charge in [0.15, 0.2) is 16.9 Å². The number of Topliss-reactive ketones (excluding diaryl/α,β-unsaturated/α-hetero) is 1. The van der Waals surface area contributed by atoms with Gasteiger partial charge in [-0.1, -0.05) is 17.0 Å². The average molecular weight is 374 g/mol. The number of carbonyl (C=O) groups is 2. The third-order valence-corrected chi connectivity index (χ3v) is 4.83. The Hall–Kier alpha value is -2.88. The second kappa shape index (κ2) is 7.16. The molecule has 0 saturated carbocycles. The number of rotatable bonds is 5. The van der Waals surface area contributed by atoms with Crippen molar-refractivity contribution in [2.24, 2.45) is 0 Å². The molecule has 1 amide bonds. The molecular formula is C16H15FN6O2S. The number of benzene rings is 1. The van der Waals surface area contributed by atoms with Crippen LogP contribution >= 0.6 is 11.8 Å². The fourth-order valence-electron chi connectivity index (χ4n) is 2.22. The van der Waals surface area contributed by atoms with Crippen LogP contribution in [0.5, 0.6) is 0 Å². The number of fused-ring (bicyclic) bond motifs is 1. The highest BCUT2D eigenvalue weighted by atomic mass is 32.2. The molecule has 3 rings (SSSR count). The van der Waals surface area contributed by atoms with Gasteiger partial charge < -0.3 is 4.90 Å². The lowest BCUT2D eigenvalue weighted by Crippen LogP contribution is -2.36. The van der Waals surface area contributed by atoms with Gasteiger partial charge in [0.1, 0.15) is 22.4 Å². The molecule has 0 spiro atoms. The van der Waals surface area contributed by atoms with Crippen LogP contribution in [0, 0.1) is 5.82 Å². The quantitative estimate of drug-likeness (QED) is 0.379. The number of hydrogen-bond acceptors (Lipinski definition) is 7. The maximum absolute atomic E-state index is 13.1. The molecule has 0 unspecified atom stereocenters. The van der Waals surface area contributed by atoms with Crippen LogP contribution in [-0.2, 0) is 9.59 Å². The van der Waals surface area contributed by atoms with Crippen molar-refractivity contribution in [2.75, 3.05) is 14.1 Å². The van der Waals surface area contributed by atoms with Gasteiger partial charge in [0, 0.05) is 14.1 Å². The van der Waals surface area contributed by atoms with Crippen LogP contribution in [-0.4, -0.2) is 60.9 Å². The van der Waals surface area contributed by atoms with Crippen LogP contribution in [0.1, 0.15) is 6.92 Å². The van der Waals surface area contributed by atoms with Gasteiger partial charge in [-0.05, 0) is 31.2 Å². The van der Waals surface area contributed by atoms with Crippen LogP contribution in [0.3, 0.4) is 0 Å². The Kier molecular flexibility index (Phi) is 4.94. The number of thioether (sulfide) groups is 1. The van der Waals surface area contributed by atoms with Crippen molar-refractivity contribution in [1.29, 1.82) is 0 Å². The highest BCUT2D eigenvalue weighted by Crippen LogP contribution is 2.28. The zero-order valence-corrected chi connectivity index (χ0v) is 15.1. The Balaban J connectivity index is 2.02. The van der Waals surface area contributed by atoms with Gasteiger partial charge in [-0.3, -0.25) is 9.59 Å².